The summed E-state index contributed by atoms with van der Waals surface area (Å²) in [5, 5.41) is 9.33. The average Bonchev–Trinajstić information content (AvgIpc) is 2.72. The van der Waals surface area contributed by atoms with Gasteiger partial charge in [-0.2, -0.15) is 10.2 Å². The average molecular weight is 436 g/mol. The first kappa shape index (κ1) is 20.0. The fourth-order valence-corrected chi connectivity index (χ4v) is 3.96. The fraction of sp³-hybridized carbons (Fsp3) is 0.261. The monoisotopic (exact) mass is 435 g/mol. The van der Waals surface area contributed by atoms with Crippen molar-refractivity contribution in [1.82, 2.24) is 9.55 Å². The molecule has 0 aliphatic rings. The Bertz CT molecular complexity index is 1080. The molecule has 0 aliphatic carbocycles. The van der Waals surface area contributed by atoms with Crippen LogP contribution >= 0.6 is 15.9 Å². The summed E-state index contributed by atoms with van der Waals surface area (Å²) in [6.45, 7) is 4.80. The van der Waals surface area contributed by atoms with Crippen LogP contribution in [0.1, 0.15) is 42.9 Å². The van der Waals surface area contributed by atoms with Crippen LogP contribution in [0.2, 0.25) is 0 Å². The molecule has 0 unspecified atom stereocenters. The molecule has 0 spiro atoms. The minimum Gasteiger partial charge on any atom is -0.328 e. The Morgan fingerprint density at radius 2 is 1.82 bits per heavy atom. The van der Waals surface area contributed by atoms with Gasteiger partial charge in [-0.3, -0.25) is 4.79 Å². The van der Waals surface area contributed by atoms with Crippen molar-refractivity contribution in [2.45, 2.75) is 39.7 Å². The quantitative estimate of drug-likeness (QED) is 0.540. The van der Waals surface area contributed by atoms with Crippen molar-refractivity contribution in [2.24, 2.45) is 0 Å². The Morgan fingerprint density at radius 3 is 2.46 bits per heavy atom. The van der Waals surface area contributed by atoms with Crippen LogP contribution in [-0.2, 0) is 19.4 Å². The molecule has 0 atom stereocenters. The molecule has 0 bridgehead atoms. The van der Waals surface area contributed by atoms with E-state index in [1.165, 1.54) is 0 Å². The number of nitriles is 1. The molecule has 0 fully saturated rings. The van der Waals surface area contributed by atoms with Crippen LogP contribution in [0.5, 0.6) is 0 Å². The smallest absolute Gasteiger partial charge is 0.287 e. The molecule has 28 heavy (non-hydrogen) atoms. The van der Waals surface area contributed by atoms with E-state index in [0.717, 1.165) is 47.5 Å². The lowest BCUT2D eigenvalue weighted by molar-refractivity contribution is 0.632. The van der Waals surface area contributed by atoms with E-state index in [1.54, 1.807) is 0 Å². The summed E-state index contributed by atoms with van der Waals surface area (Å²) in [5.41, 5.74) is 4.53. The molecular weight excluding hydrogens is 414 g/mol. The van der Waals surface area contributed by atoms with Crippen molar-refractivity contribution in [3.63, 3.8) is 0 Å². The van der Waals surface area contributed by atoms with Crippen molar-refractivity contribution in [2.75, 3.05) is 0 Å². The van der Waals surface area contributed by atoms with Crippen molar-refractivity contribution in [3.8, 4) is 17.2 Å². The van der Waals surface area contributed by atoms with E-state index in [4.69, 9.17) is 0 Å². The lowest BCUT2D eigenvalue weighted by Crippen LogP contribution is -2.23. The summed E-state index contributed by atoms with van der Waals surface area (Å²) in [7, 11) is 0. The predicted octanol–water partition coefficient (Wildman–Crippen LogP) is 5.11. The fourth-order valence-electron chi connectivity index (χ4n) is 3.38. The molecule has 0 N–H and O–H groups in total. The maximum absolute atomic E-state index is 12.2. The summed E-state index contributed by atoms with van der Waals surface area (Å²) < 4.78 is 2.70. The van der Waals surface area contributed by atoms with E-state index in [0.29, 0.717) is 16.6 Å². The van der Waals surface area contributed by atoms with Crippen molar-refractivity contribution < 1.29 is 0 Å². The molecule has 5 heteroatoms. The summed E-state index contributed by atoms with van der Waals surface area (Å²) in [5.74, 6) is 0.825. The van der Waals surface area contributed by atoms with Gasteiger partial charge in [-0.05, 0) is 51.5 Å². The van der Waals surface area contributed by atoms with Crippen LogP contribution in [0.15, 0.2) is 57.8 Å². The lowest BCUT2D eigenvalue weighted by atomic mass is 9.99. The number of aryl methyl sites for hydroxylation is 1. The third-order valence-corrected chi connectivity index (χ3v) is 5.57. The third-order valence-electron chi connectivity index (χ3n) is 4.77. The van der Waals surface area contributed by atoms with Crippen molar-refractivity contribution in [3.05, 3.63) is 86.0 Å². The number of hydrogen-bond donors (Lipinski definition) is 0. The zero-order valence-electron chi connectivity index (χ0n) is 16.1. The van der Waals surface area contributed by atoms with Crippen LogP contribution in [0, 0.1) is 11.3 Å². The highest BCUT2D eigenvalue weighted by atomic mass is 79.9. The SMILES string of the molecule is CCCc1nc(=O)c(Br)c(CC)n1Cc1ccc(-c2ccccc2C#N)cc1. The highest BCUT2D eigenvalue weighted by molar-refractivity contribution is 9.10. The molecule has 0 saturated heterocycles. The van der Waals surface area contributed by atoms with Crippen LogP contribution in [0.3, 0.4) is 0 Å². The minimum absolute atomic E-state index is 0.194. The van der Waals surface area contributed by atoms with Crippen LogP contribution in [0.25, 0.3) is 11.1 Å². The molecular formula is C23H22BrN3O. The first-order chi connectivity index (χ1) is 13.6. The van der Waals surface area contributed by atoms with Gasteiger partial charge < -0.3 is 4.57 Å². The molecule has 0 radical (unpaired) electrons. The van der Waals surface area contributed by atoms with Crippen LogP contribution < -0.4 is 5.56 Å². The second-order valence-corrected chi connectivity index (χ2v) is 7.43. The number of halogens is 1. The topological polar surface area (TPSA) is 58.7 Å². The number of nitrogens with zero attached hydrogens (tertiary/aromatic N) is 3. The molecule has 1 heterocycles. The van der Waals surface area contributed by atoms with Gasteiger partial charge in [0, 0.05) is 18.7 Å². The van der Waals surface area contributed by atoms with E-state index < -0.39 is 0 Å². The Hall–Kier alpha value is -2.71. The molecule has 3 rings (SSSR count). The summed E-state index contributed by atoms with van der Waals surface area (Å²) in [6, 6.07) is 18.1. The van der Waals surface area contributed by atoms with Crippen molar-refractivity contribution in [1.29, 1.82) is 5.26 Å². The van der Waals surface area contributed by atoms with Gasteiger partial charge in [-0.15, -0.1) is 0 Å². The third kappa shape index (κ3) is 4.07. The van der Waals surface area contributed by atoms with Gasteiger partial charge in [0.25, 0.3) is 5.56 Å². The molecule has 0 amide bonds. The minimum atomic E-state index is -0.194. The highest BCUT2D eigenvalue weighted by Crippen LogP contribution is 2.24. The molecule has 1 aromatic heterocycles. The standard InChI is InChI=1S/C23H22BrN3O/c1-3-7-21-26-23(28)22(24)20(4-2)27(21)15-16-10-12-17(13-11-16)19-9-6-5-8-18(19)14-25/h5-6,8-13H,3-4,7,15H2,1-2H3. The molecule has 3 aromatic rings. The second-order valence-electron chi connectivity index (χ2n) is 6.64. The van der Waals surface area contributed by atoms with Gasteiger partial charge in [0.1, 0.15) is 10.3 Å². The Morgan fingerprint density at radius 1 is 1.11 bits per heavy atom. The maximum atomic E-state index is 12.2. The Labute approximate surface area is 173 Å². The van der Waals surface area contributed by atoms with Gasteiger partial charge in [-0.1, -0.05) is 56.3 Å². The number of benzene rings is 2. The molecule has 0 aliphatic heterocycles. The molecule has 4 nitrogen and oxygen atoms in total. The zero-order valence-corrected chi connectivity index (χ0v) is 17.7. The summed E-state index contributed by atoms with van der Waals surface area (Å²) in [4.78, 5) is 16.4. The van der Waals surface area contributed by atoms with E-state index in [1.807, 2.05) is 43.3 Å². The van der Waals surface area contributed by atoms with Gasteiger partial charge in [-0.25, -0.2) is 0 Å². The maximum Gasteiger partial charge on any atom is 0.287 e. The zero-order chi connectivity index (χ0) is 20.1. The van der Waals surface area contributed by atoms with Crippen LogP contribution in [0.4, 0.5) is 0 Å². The first-order valence-corrected chi connectivity index (χ1v) is 10.2. The number of hydrogen-bond acceptors (Lipinski definition) is 3. The molecule has 2 aromatic carbocycles. The number of aromatic nitrogens is 2. The molecule has 0 saturated carbocycles. The van der Waals surface area contributed by atoms with Gasteiger partial charge >= 0.3 is 0 Å². The second kappa shape index (κ2) is 8.99. The number of rotatable bonds is 6. The Balaban J connectivity index is 1.98. The van der Waals surface area contributed by atoms with E-state index >= 15 is 0 Å². The van der Waals surface area contributed by atoms with Gasteiger partial charge in [0.15, 0.2) is 0 Å². The lowest BCUT2D eigenvalue weighted by Gasteiger charge is -2.18. The van der Waals surface area contributed by atoms with Crippen LogP contribution in [-0.4, -0.2) is 9.55 Å². The van der Waals surface area contributed by atoms with Gasteiger partial charge in [0.2, 0.25) is 0 Å². The summed E-state index contributed by atoms with van der Waals surface area (Å²) >= 11 is 3.42. The predicted molar refractivity (Wildman–Crippen MR) is 115 cm³/mol. The van der Waals surface area contributed by atoms with Gasteiger partial charge in [0.05, 0.1) is 11.6 Å². The van der Waals surface area contributed by atoms with Crippen molar-refractivity contribution >= 4 is 15.9 Å². The van der Waals surface area contributed by atoms with E-state index in [9.17, 15) is 10.1 Å². The normalized spacial score (nSPS) is 10.6. The van der Waals surface area contributed by atoms with E-state index in [-0.39, 0.29) is 5.56 Å². The highest BCUT2D eigenvalue weighted by Gasteiger charge is 2.14. The summed E-state index contributed by atoms with van der Waals surface area (Å²) in [6.07, 6.45) is 2.45. The van der Waals surface area contributed by atoms with E-state index in [2.05, 4.69) is 50.6 Å². The first-order valence-electron chi connectivity index (χ1n) is 9.45. The Kier molecular flexibility index (Phi) is 6.43. The molecule has 142 valence electrons. The largest absolute Gasteiger partial charge is 0.328 e.